The van der Waals surface area contributed by atoms with Gasteiger partial charge < -0.3 is 9.73 Å². The van der Waals surface area contributed by atoms with E-state index in [0.717, 1.165) is 17.3 Å². The van der Waals surface area contributed by atoms with Gasteiger partial charge in [0.05, 0.1) is 23.3 Å². The zero-order chi connectivity index (χ0) is 21.3. The lowest BCUT2D eigenvalue weighted by molar-refractivity contribution is -0.122. The third-order valence-electron chi connectivity index (χ3n) is 4.54. The Kier molecular flexibility index (Phi) is 5.56. The fourth-order valence-corrected chi connectivity index (χ4v) is 4.31. The quantitative estimate of drug-likeness (QED) is 0.358. The maximum Gasteiger partial charge on any atom is 0.267 e. The molecule has 0 spiro atoms. The first kappa shape index (κ1) is 20.1. The van der Waals surface area contributed by atoms with Gasteiger partial charge >= 0.3 is 0 Å². The molecule has 1 aliphatic rings. The van der Waals surface area contributed by atoms with Gasteiger partial charge in [-0.1, -0.05) is 36.1 Å². The monoisotopic (exact) mass is 438 g/mol. The highest BCUT2D eigenvalue weighted by atomic mass is 32.2. The third kappa shape index (κ3) is 3.69. The Morgan fingerprint density at radius 1 is 1.33 bits per heavy atom. The van der Waals surface area contributed by atoms with Crippen LogP contribution in [-0.2, 0) is 11.3 Å². The van der Waals surface area contributed by atoms with Gasteiger partial charge in [0, 0.05) is 12.7 Å². The number of hydrogen-bond acceptors (Lipinski definition) is 7. The van der Waals surface area contributed by atoms with Crippen molar-refractivity contribution in [3.05, 3.63) is 81.5 Å². The Bertz CT molecular complexity index is 1250. The summed E-state index contributed by atoms with van der Waals surface area (Å²) in [6.07, 6.45) is 6.43. The van der Waals surface area contributed by atoms with Crippen LogP contribution in [0.3, 0.4) is 0 Å². The number of aryl methyl sites for hydroxylation is 1. The van der Waals surface area contributed by atoms with Gasteiger partial charge in [-0.05, 0) is 36.8 Å². The lowest BCUT2D eigenvalue weighted by Crippen LogP contribution is -2.27. The van der Waals surface area contributed by atoms with E-state index in [-0.39, 0.29) is 18.0 Å². The maximum atomic E-state index is 13.2. The maximum absolute atomic E-state index is 13.2. The summed E-state index contributed by atoms with van der Waals surface area (Å²) in [6, 6.07) is 7.21. The number of rotatable bonds is 6. The summed E-state index contributed by atoms with van der Waals surface area (Å²) >= 11 is 6.52. The van der Waals surface area contributed by atoms with Gasteiger partial charge in [-0.25, -0.2) is 4.98 Å². The molecule has 7 nitrogen and oxygen atoms in total. The number of nitrogens with one attached hydrogen (secondary N) is 1. The van der Waals surface area contributed by atoms with Crippen LogP contribution in [-0.4, -0.2) is 31.1 Å². The molecule has 1 amide bonds. The topological polar surface area (TPSA) is 79.9 Å². The standard InChI is InChI=1S/C21H18N4O3S2/c1-3-8-22-17-15(19(26)24-9-4-6-13(2)18(24)23-17)11-16-20(27)25(21(29)30-16)12-14-7-5-10-28-14/h3-7,9-11,22H,1,8,12H2,2H3/b16-11-. The van der Waals surface area contributed by atoms with Crippen LogP contribution in [0.2, 0.25) is 0 Å². The van der Waals surface area contributed by atoms with Crippen LogP contribution < -0.4 is 10.9 Å². The molecule has 0 bridgehead atoms. The van der Waals surface area contributed by atoms with Crippen LogP contribution in [0.25, 0.3) is 11.7 Å². The van der Waals surface area contributed by atoms with Crippen LogP contribution in [0.4, 0.5) is 5.82 Å². The number of nitrogens with zero attached hydrogens (tertiary/aromatic N) is 3. The van der Waals surface area contributed by atoms with Gasteiger partial charge in [0.15, 0.2) is 0 Å². The molecule has 0 aliphatic carbocycles. The average Bonchev–Trinajstić information content (AvgIpc) is 3.33. The SMILES string of the molecule is C=CCNc1nc2c(C)cccn2c(=O)c1/C=C1\SC(=S)N(Cc2ccco2)C1=O. The summed E-state index contributed by atoms with van der Waals surface area (Å²) in [5, 5.41) is 3.10. The predicted octanol–water partition coefficient (Wildman–Crippen LogP) is 3.60. The van der Waals surface area contributed by atoms with E-state index >= 15 is 0 Å². The zero-order valence-corrected chi connectivity index (χ0v) is 17.8. The highest BCUT2D eigenvalue weighted by Crippen LogP contribution is 2.34. The number of carbonyl (C=O) groups excluding carboxylic acids is 1. The lowest BCUT2D eigenvalue weighted by atomic mass is 10.2. The smallest absolute Gasteiger partial charge is 0.267 e. The zero-order valence-electron chi connectivity index (χ0n) is 16.1. The Labute approximate surface area is 182 Å². The molecule has 0 atom stereocenters. The van der Waals surface area contributed by atoms with Crippen LogP contribution >= 0.6 is 24.0 Å². The molecule has 0 unspecified atom stereocenters. The highest BCUT2D eigenvalue weighted by molar-refractivity contribution is 8.26. The first-order valence-electron chi connectivity index (χ1n) is 9.14. The fraction of sp³-hybridized carbons (Fsp3) is 0.143. The fourth-order valence-electron chi connectivity index (χ4n) is 3.07. The molecule has 1 fully saturated rings. The second kappa shape index (κ2) is 8.29. The van der Waals surface area contributed by atoms with Gasteiger partial charge in [0.25, 0.3) is 11.5 Å². The predicted molar refractivity (Wildman–Crippen MR) is 122 cm³/mol. The second-order valence-electron chi connectivity index (χ2n) is 6.58. The van der Waals surface area contributed by atoms with Crippen LogP contribution in [0, 0.1) is 6.92 Å². The molecule has 0 radical (unpaired) electrons. The van der Waals surface area contributed by atoms with E-state index < -0.39 is 0 Å². The van der Waals surface area contributed by atoms with Gasteiger partial charge in [-0.3, -0.25) is 18.9 Å². The largest absolute Gasteiger partial charge is 0.467 e. The molecule has 1 N–H and O–H groups in total. The minimum absolute atomic E-state index is 0.241. The Morgan fingerprint density at radius 2 is 2.17 bits per heavy atom. The summed E-state index contributed by atoms with van der Waals surface area (Å²) in [5.74, 6) is 0.749. The number of amides is 1. The average molecular weight is 439 g/mol. The normalized spacial score (nSPS) is 15.4. The third-order valence-corrected chi connectivity index (χ3v) is 5.92. The first-order valence-corrected chi connectivity index (χ1v) is 10.4. The summed E-state index contributed by atoms with van der Waals surface area (Å²) < 4.78 is 7.21. The molecule has 152 valence electrons. The van der Waals surface area contributed by atoms with E-state index in [4.69, 9.17) is 16.6 Å². The number of anilines is 1. The number of thiocarbonyl (C=S) groups is 1. The van der Waals surface area contributed by atoms with Crippen molar-refractivity contribution in [2.75, 3.05) is 11.9 Å². The van der Waals surface area contributed by atoms with Crippen molar-refractivity contribution >= 4 is 51.7 Å². The molecule has 1 saturated heterocycles. The van der Waals surface area contributed by atoms with E-state index in [1.807, 2.05) is 13.0 Å². The number of pyridine rings is 1. The lowest BCUT2D eigenvalue weighted by Gasteiger charge is -2.12. The molecule has 9 heteroatoms. The van der Waals surface area contributed by atoms with Crippen LogP contribution in [0.15, 0.2) is 63.5 Å². The van der Waals surface area contributed by atoms with E-state index in [1.165, 1.54) is 9.30 Å². The molecule has 3 aromatic rings. The van der Waals surface area contributed by atoms with Crippen molar-refractivity contribution < 1.29 is 9.21 Å². The summed E-state index contributed by atoms with van der Waals surface area (Å²) in [4.78, 5) is 32.6. The van der Waals surface area contributed by atoms with E-state index in [2.05, 4.69) is 16.9 Å². The molecular formula is C21H18N4O3S2. The number of carbonyl (C=O) groups is 1. The van der Waals surface area contributed by atoms with Crippen molar-refractivity contribution in [2.24, 2.45) is 0 Å². The van der Waals surface area contributed by atoms with Gasteiger partial charge in [-0.15, -0.1) is 6.58 Å². The van der Waals surface area contributed by atoms with Gasteiger partial charge in [-0.2, -0.15) is 0 Å². The molecule has 3 aromatic heterocycles. The van der Waals surface area contributed by atoms with Crippen molar-refractivity contribution in [3.8, 4) is 0 Å². The Morgan fingerprint density at radius 3 is 2.90 bits per heavy atom. The number of furan rings is 1. The molecule has 0 saturated carbocycles. The molecular weight excluding hydrogens is 420 g/mol. The van der Waals surface area contributed by atoms with E-state index in [9.17, 15) is 9.59 Å². The minimum Gasteiger partial charge on any atom is -0.467 e. The number of aromatic nitrogens is 2. The van der Waals surface area contributed by atoms with Gasteiger partial charge in [0.1, 0.15) is 21.5 Å². The highest BCUT2D eigenvalue weighted by Gasteiger charge is 2.33. The molecule has 30 heavy (non-hydrogen) atoms. The van der Waals surface area contributed by atoms with Crippen molar-refractivity contribution in [3.63, 3.8) is 0 Å². The van der Waals surface area contributed by atoms with Crippen molar-refractivity contribution in [2.45, 2.75) is 13.5 Å². The van der Waals surface area contributed by atoms with Gasteiger partial charge in [0.2, 0.25) is 0 Å². The van der Waals surface area contributed by atoms with E-state index in [0.29, 0.717) is 38.6 Å². The Balaban J connectivity index is 1.78. The summed E-state index contributed by atoms with van der Waals surface area (Å²) in [5.41, 5.74) is 1.44. The molecule has 4 rings (SSSR count). The molecule has 1 aliphatic heterocycles. The first-order chi connectivity index (χ1) is 14.5. The molecule has 0 aromatic carbocycles. The van der Waals surface area contributed by atoms with E-state index in [1.54, 1.807) is 42.8 Å². The summed E-state index contributed by atoms with van der Waals surface area (Å²) in [7, 11) is 0. The van der Waals surface area contributed by atoms with Crippen LogP contribution in [0.5, 0.6) is 0 Å². The molecule has 4 heterocycles. The number of fused-ring (bicyclic) bond motifs is 1. The van der Waals surface area contributed by atoms with Crippen molar-refractivity contribution in [1.29, 1.82) is 0 Å². The second-order valence-corrected chi connectivity index (χ2v) is 8.26. The van der Waals surface area contributed by atoms with Crippen LogP contribution in [0.1, 0.15) is 16.9 Å². The number of thioether (sulfide) groups is 1. The Hall–Kier alpha value is -3.17. The minimum atomic E-state index is -0.273. The summed E-state index contributed by atoms with van der Waals surface area (Å²) in [6.45, 7) is 6.25. The number of hydrogen-bond donors (Lipinski definition) is 1. The van der Waals surface area contributed by atoms with Crippen molar-refractivity contribution in [1.82, 2.24) is 14.3 Å².